The Bertz CT molecular complexity index is 777. The van der Waals surface area contributed by atoms with Gasteiger partial charge in [0.05, 0.1) is 0 Å². The molecule has 3 rings (SSSR count). The summed E-state index contributed by atoms with van der Waals surface area (Å²) in [6, 6.07) is 23.9. The van der Waals surface area contributed by atoms with Gasteiger partial charge in [0, 0.05) is 12.0 Å². The van der Waals surface area contributed by atoms with Gasteiger partial charge in [-0.1, -0.05) is 60.7 Å². The van der Waals surface area contributed by atoms with Crippen molar-refractivity contribution in [3.63, 3.8) is 0 Å². The van der Waals surface area contributed by atoms with E-state index in [0.717, 1.165) is 28.5 Å². The lowest BCUT2D eigenvalue weighted by molar-refractivity contribution is -0.107. The zero-order valence-corrected chi connectivity index (χ0v) is 14.9. The van der Waals surface area contributed by atoms with E-state index in [2.05, 4.69) is 0 Å². The Labute approximate surface area is 154 Å². The van der Waals surface area contributed by atoms with Gasteiger partial charge >= 0.3 is 0 Å². The number of hydrogen-bond donors (Lipinski definition) is 0. The highest BCUT2D eigenvalue weighted by molar-refractivity contribution is 5.62. The molecule has 0 aliphatic rings. The van der Waals surface area contributed by atoms with E-state index in [4.69, 9.17) is 9.47 Å². The Kier molecular flexibility index (Phi) is 6.05. The first kappa shape index (κ1) is 17.7. The van der Waals surface area contributed by atoms with Gasteiger partial charge in [0.2, 0.25) is 0 Å². The second kappa shape index (κ2) is 8.86. The maximum absolute atomic E-state index is 11.2. The molecule has 132 valence electrons. The zero-order valence-electron chi connectivity index (χ0n) is 14.9. The molecule has 0 aliphatic heterocycles. The molecular formula is C23H22O3. The zero-order chi connectivity index (χ0) is 18.2. The number of benzene rings is 3. The summed E-state index contributed by atoms with van der Waals surface area (Å²) in [5, 5.41) is 0. The number of carbonyl (C=O) groups is 1. The number of aryl methyl sites for hydroxylation is 1. The highest BCUT2D eigenvalue weighted by atomic mass is 16.5. The van der Waals surface area contributed by atoms with Gasteiger partial charge in [0.1, 0.15) is 31.0 Å². The first-order valence-electron chi connectivity index (χ1n) is 8.67. The van der Waals surface area contributed by atoms with Crippen molar-refractivity contribution >= 4 is 6.29 Å². The van der Waals surface area contributed by atoms with Gasteiger partial charge in [-0.05, 0) is 35.7 Å². The Morgan fingerprint density at radius 1 is 0.769 bits per heavy atom. The molecule has 0 radical (unpaired) electrons. The van der Waals surface area contributed by atoms with Crippen LogP contribution in [0.4, 0.5) is 0 Å². The van der Waals surface area contributed by atoms with E-state index < -0.39 is 0 Å². The normalized spacial score (nSPS) is 10.3. The highest BCUT2D eigenvalue weighted by Crippen LogP contribution is 2.32. The van der Waals surface area contributed by atoms with Crippen LogP contribution in [0.2, 0.25) is 0 Å². The summed E-state index contributed by atoms with van der Waals surface area (Å²) < 4.78 is 12.0. The lowest BCUT2D eigenvalue weighted by Crippen LogP contribution is -2.04. The molecule has 3 nitrogen and oxygen atoms in total. The maximum atomic E-state index is 11.2. The van der Waals surface area contributed by atoms with Crippen molar-refractivity contribution in [1.29, 1.82) is 0 Å². The molecule has 0 heterocycles. The van der Waals surface area contributed by atoms with E-state index in [-0.39, 0.29) is 6.42 Å². The Hall–Kier alpha value is -3.07. The number of hydrogen-bond acceptors (Lipinski definition) is 3. The van der Waals surface area contributed by atoms with Gasteiger partial charge in [0.25, 0.3) is 0 Å². The molecule has 0 saturated heterocycles. The van der Waals surface area contributed by atoms with Crippen LogP contribution in [-0.2, 0) is 24.4 Å². The van der Waals surface area contributed by atoms with Gasteiger partial charge < -0.3 is 14.3 Å². The molecular weight excluding hydrogens is 324 g/mol. The molecule has 0 atom stereocenters. The van der Waals surface area contributed by atoms with Gasteiger partial charge in [-0.2, -0.15) is 0 Å². The fourth-order valence-corrected chi connectivity index (χ4v) is 2.76. The minimum atomic E-state index is 0.258. The Balaban J connectivity index is 1.81. The van der Waals surface area contributed by atoms with Crippen molar-refractivity contribution in [2.24, 2.45) is 0 Å². The molecule has 0 spiro atoms. The number of aldehydes is 1. The summed E-state index contributed by atoms with van der Waals surface area (Å²) in [6.07, 6.45) is 1.14. The average molecular weight is 346 g/mol. The summed E-state index contributed by atoms with van der Waals surface area (Å²) in [7, 11) is 0. The van der Waals surface area contributed by atoms with Crippen molar-refractivity contribution < 1.29 is 14.3 Å². The van der Waals surface area contributed by atoms with Crippen LogP contribution in [0.15, 0.2) is 72.8 Å². The van der Waals surface area contributed by atoms with Crippen LogP contribution in [0.25, 0.3) is 0 Å². The molecule has 3 aromatic rings. The fourth-order valence-electron chi connectivity index (χ4n) is 2.76. The summed E-state index contributed by atoms with van der Waals surface area (Å²) in [5.41, 5.74) is 3.99. The summed E-state index contributed by atoms with van der Waals surface area (Å²) in [6.45, 7) is 2.90. The summed E-state index contributed by atoms with van der Waals surface area (Å²) in [4.78, 5) is 11.2. The molecule has 0 amide bonds. The standard InChI is InChI=1S/C23H22O3/c1-18-14-22(25-16-19-8-4-2-5-9-19)21(12-13-24)23(15-18)26-17-20-10-6-3-7-11-20/h2-11,13-15H,12,16-17H2,1H3. The summed E-state index contributed by atoms with van der Waals surface area (Å²) in [5.74, 6) is 1.40. The molecule has 3 heteroatoms. The van der Waals surface area contributed by atoms with Crippen molar-refractivity contribution in [2.45, 2.75) is 26.6 Å². The van der Waals surface area contributed by atoms with Crippen LogP contribution in [-0.4, -0.2) is 6.29 Å². The molecule has 26 heavy (non-hydrogen) atoms. The third kappa shape index (κ3) is 4.73. The van der Waals surface area contributed by atoms with Gasteiger partial charge in [-0.25, -0.2) is 0 Å². The number of ether oxygens (including phenoxy) is 2. The lowest BCUT2D eigenvalue weighted by atomic mass is 10.1. The largest absolute Gasteiger partial charge is 0.488 e. The first-order chi connectivity index (χ1) is 12.8. The third-order valence-electron chi connectivity index (χ3n) is 4.07. The molecule has 0 aromatic heterocycles. The number of carbonyl (C=O) groups excluding carboxylic acids is 1. The minimum absolute atomic E-state index is 0.258. The van der Waals surface area contributed by atoms with Crippen molar-refractivity contribution in [3.05, 3.63) is 95.1 Å². The lowest BCUT2D eigenvalue weighted by Gasteiger charge is -2.16. The SMILES string of the molecule is Cc1cc(OCc2ccccc2)c(CC=O)c(OCc2ccccc2)c1. The fraction of sp³-hybridized carbons (Fsp3) is 0.174. The minimum Gasteiger partial charge on any atom is -0.488 e. The van der Waals surface area contributed by atoms with Gasteiger partial charge in [-0.15, -0.1) is 0 Å². The van der Waals surface area contributed by atoms with Crippen LogP contribution < -0.4 is 9.47 Å². The molecule has 0 saturated carbocycles. The predicted molar refractivity (Wildman–Crippen MR) is 102 cm³/mol. The second-order valence-electron chi connectivity index (χ2n) is 6.16. The van der Waals surface area contributed by atoms with Crippen LogP contribution in [0.1, 0.15) is 22.3 Å². The van der Waals surface area contributed by atoms with E-state index in [1.165, 1.54) is 0 Å². The van der Waals surface area contributed by atoms with Crippen LogP contribution in [0.5, 0.6) is 11.5 Å². The molecule has 0 fully saturated rings. The Morgan fingerprint density at radius 3 is 1.65 bits per heavy atom. The average Bonchev–Trinajstić information content (AvgIpc) is 2.68. The second-order valence-corrected chi connectivity index (χ2v) is 6.16. The van der Waals surface area contributed by atoms with Gasteiger partial charge in [-0.3, -0.25) is 0 Å². The van der Waals surface area contributed by atoms with E-state index in [9.17, 15) is 4.79 Å². The quantitative estimate of drug-likeness (QED) is 0.545. The smallest absolute Gasteiger partial charge is 0.127 e. The first-order valence-corrected chi connectivity index (χ1v) is 8.67. The third-order valence-corrected chi connectivity index (χ3v) is 4.07. The van der Waals surface area contributed by atoms with Crippen LogP contribution in [0, 0.1) is 6.92 Å². The van der Waals surface area contributed by atoms with E-state index in [0.29, 0.717) is 24.7 Å². The van der Waals surface area contributed by atoms with Crippen molar-refractivity contribution in [3.8, 4) is 11.5 Å². The van der Waals surface area contributed by atoms with Crippen molar-refractivity contribution in [1.82, 2.24) is 0 Å². The Morgan fingerprint density at radius 2 is 1.23 bits per heavy atom. The monoisotopic (exact) mass is 346 g/mol. The van der Waals surface area contributed by atoms with Crippen LogP contribution >= 0.6 is 0 Å². The van der Waals surface area contributed by atoms with Crippen LogP contribution in [0.3, 0.4) is 0 Å². The topological polar surface area (TPSA) is 35.5 Å². The van der Waals surface area contributed by atoms with E-state index in [1.54, 1.807) is 0 Å². The van der Waals surface area contributed by atoms with Crippen molar-refractivity contribution in [2.75, 3.05) is 0 Å². The highest BCUT2D eigenvalue weighted by Gasteiger charge is 2.13. The predicted octanol–water partition coefficient (Wildman–Crippen LogP) is 4.89. The maximum Gasteiger partial charge on any atom is 0.127 e. The molecule has 3 aromatic carbocycles. The van der Waals surface area contributed by atoms with Gasteiger partial charge in [0.15, 0.2) is 0 Å². The summed E-state index contributed by atoms with van der Waals surface area (Å²) >= 11 is 0. The molecule has 0 unspecified atom stereocenters. The van der Waals surface area contributed by atoms with E-state index in [1.807, 2.05) is 79.7 Å². The number of rotatable bonds is 8. The molecule has 0 bridgehead atoms. The molecule has 0 aliphatic carbocycles. The molecule has 0 N–H and O–H groups in total. The van der Waals surface area contributed by atoms with E-state index >= 15 is 0 Å².